The number of hydrogen-bond donors (Lipinski definition) is 1. The van der Waals surface area contributed by atoms with Crippen LogP contribution in [0.25, 0.3) is 0 Å². The first-order valence-electron chi connectivity index (χ1n) is 6.55. The van der Waals surface area contributed by atoms with Gasteiger partial charge in [0.1, 0.15) is 11.3 Å². The summed E-state index contributed by atoms with van der Waals surface area (Å²) < 4.78 is 5.35. The van der Waals surface area contributed by atoms with Crippen molar-refractivity contribution in [1.82, 2.24) is 4.90 Å². The van der Waals surface area contributed by atoms with Crippen LogP contribution in [0.4, 0.5) is 0 Å². The third kappa shape index (κ3) is 2.73. The molecule has 0 aliphatic rings. The Bertz CT molecular complexity index is 455. The van der Waals surface area contributed by atoms with Gasteiger partial charge in [0.15, 0.2) is 0 Å². The molecule has 0 spiro atoms. The van der Waals surface area contributed by atoms with Gasteiger partial charge in [0.05, 0.1) is 7.11 Å². The molecule has 0 aliphatic carbocycles. The van der Waals surface area contributed by atoms with E-state index in [0.29, 0.717) is 24.4 Å². The molecule has 0 saturated carbocycles. The molecule has 0 amide bonds. The van der Waals surface area contributed by atoms with E-state index in [2.05, 4.69) is 0 Å². The summed E-state index contributed by atoms with van der Waals surface area (Å²) in [6.45, 7) is 8.94. The smallest absolute Gasteiger partial charge is 0.328 e. The summed E-state index contributed by atoms with van der Waals surface area (Å²) in [5.41, 5.74) is 0.641. The fourth-order valence-corrected chi connectivity index (χ4v) is 2.48. The van der Waals surface area contributed by atoms with Crippen molar-refractivity contribution in [2.24, 2.45) is 0 Å². The number of aryl methyl sites for hydroxylation is 1. The predicted molar refractivity (Wildman–Crippen MR) is 75.6 cm³/mol. The van der Waals surface area contributed by atoms with Gasteiger partial charge in [-0.25, -0.2) is 4.79 Å². The van der Waals surface area contributed by atoms with Gasteiger partial charge in [0, 0.05) is 5.56 Å². The molecular formula is C15H23NO3. The molecule has 0 aromatic heterocycles. The van der Waals surface area contributed by atoms with Crippen LogP contribution in [0.3, 0.4) is 0 Å². The van der Waals surface area contributed by atoms with E-state index >= 15 is 0 Å². The van der Waals surface area contributed by atoms with Crippen molar-refractivity contribution in [2.45, 2.75) is 33.2 Å². The topological polar surface area (TPSA) is 49.8 Å². The standard InChI is InChI=1S/C15H23NO3/c1-6-16(7-2)15(4,14(17)18)12-10-11(3)8-9-13(12)19-5/h8-10H,6-7H2,1-5H3,(H,17,18). The molecule has 0 aliphatic heterocycles. The zero-order valence-corrected chi connectivity index (χ0v) is 12.4. The van der Waals surface area contributed by atoms with Gasteiger partial charge >= 0.3 is 5.97 Å². The number of ether oxygens (including phenoxy) is 1. The summed E-state index contributed by atoms with van der Waals surface area (Å²) in [6.07, 6.45) is 0. The Balaban J connectivity index is 3.49. The molecule has 4 nitrogen and oxygen atoms in total. The van der Waals surface area contributed by atoms with Crippen molar-refractivity contribution in [3.05, 3.63) is 29.3 Å². The highest BCUT2D eigenvalue weighted by Gasteiger charge is 2.42. The lowest BCUT2D eigenvalue weighted by Crippen LogP contribution is -2.50. The van der Waals surface area contributed by atoms with Crippen LogP contribution < -0.4 is 4.74 Å². The number of carboxylic acid groups (broad SMARTS) is 1. The number of nitrogens with zero attached hydrogens (tertiary/aromatic N) is 1. The van der Waals surface area contributed by atoms with Crippen LogP contribution in [0.2, 0.25) is 0 Å². The van der Waals surface area contributed by atoms with Crippen LogP contribution in [-0.2, 0) is 10.3 Å². The fourth-order valence-electron chi connectivity index (χ4n) is 2.48. The maximum atomic E-state index is 11.9. The van der Waals surface area contributed by atoms with E-state index in [4.69, 9.17) is 4.74 Å². The first-order valence-corrected chi connectivity index (χ1v) is 6.55. The lowest BCUT2D eigenvalue weighted by molar-refractivity contribution is -0.151. The number of benzene rings is 1. The van der Waals surface area contributed by atoms with E-state index in [9.17, 15) is 9.90 Å². The van der Waals surface area contributed by atoms with E-state index in [0.717, 1.165) is 5.56 Å². The van der Waals surface area contributed by atoms with Gasteiger partial charge in [0.2, 0.25) is 0 Å². The Kier molecular flexibility index (Phi) is 4.95. The SMILES string of the molecule is CCN(CC)C(C)(C(=O)O)c1cc(C)ccc1OC. The average molecular weight is 265 g/mol. The second kappa shape index (κ2) is 6.06. The van der Waals surface area contributed by atoms with Gasteiger partial charge < -0.3 is 9.84 Å². The molecule has 0 heterocycles. The number of hydrogen-bond acceptors (Lipinski definition) is 3. The Hall–Kier alpha value is -1.55. The maximum absolute atomic E-state index is 11.9. The Labute approximate surface area is 115 Å². The van der Waals surface area contributed by atoms with Gasteiger partial charge in [0.25, 0.3) is 0 Å². The van der Waals surface area contributed by atoms with Gasteiger partial charge in [-0.3, -0.25) is 4.90 Å². The van der Waals surface area contributed by atoms with Crippen LogP contribution >= 0.6 is 0 Å². The molecule has 106 valence electrons. The first-order chi connectivity index (χ1) is 8.91. The first kappa shape index (κ1) is 15.5. The molecule has 0 fully saturated rings. The molecular weight excluding hydrogens is 242 g/mol. The molecule has 4 heteroatoms. The van der Waals surface area contributed by atoms with Crippen LogP contribution in [0.15, 0.2) is 18.2 Å². The third-order valence-electron chi connectivity index (χ3n) is 3.69. The van der Waals surface area contributed by atoms with Crippen LogP contribution in [-0.4, -0.2) is 36.2 Å². The minimum atomic E-state index is -1.08. The highest BCUT2D eigenvalue weighted by atomic mass is 16.5. The third-order valence-corrected chi connectivity index (χ3v) is 3.69. The van der Waals surface area contributed by atoms with Gasteiger partial charge in [-0.1, -0.05) is 25.5 Å². The summed E-state index contributed by atoms with van der Waals surface area (Å²) in [4.78, 5) is 13.8. The zero-order valence-electron chi connectivity index (χ0n) is 12.4. The molecule has 1 unspecified atom stereocenters. The number of methoxy groups -OCH3 is 1. The molecule has 1 aromatic carbocycles. The van der Waals surface area contributed by atoms with Crippen molar-refractivity contribution in [1.29, 1.82) is 0 Å². The van der Waals surface area contributed by atoms with Crippen molar-refractivity contribution in [3.8, 4) is 5.75 Å². The van der Waals surface area contributed by atoms with E-state index in [1.54, 1.807) is 14.0 Å². The highest BCUT2D eigenvalue weighted by Crippen LogP contribution is 2.35. The molecule has 1 rings (SSSR count). The Morgan fingerprint density at radius 2 is 1.95 bits per heavy atom. The zero-order chi connectivity index (χ0) is 14.6. The second-order valence-corrected chi connectivity index (χ2v) is 4.75. The summed E-state index contributed by atoms with van der Waals surface area (Å²) >= 11 is 0. The predicted octanol–water partition coefficient (Wildman–Crippen LogP) is 2.65. The Morgan fingerprint density at radius 1 is 1.37 bits per heavy atom. The van der Waals surface area contributed by atoms with Gasteiger partial charge in [-0.05, 0) is 39.1 Å². The minimum Gasteiger partial charge on any atom is -0.496 e. The molecule has 1 N–H and O–H groups in total. The number of carbonyl (C=O) groups is 1. The van der Waals surface area contributed by atoms with Gasteiger partial charge in [-0.2, -0.15) is 0 Å². The summed E-state index contributed by atoms with van der Waals surface area (Å²) in [5.74, 6) is -0.248. The monoisotopic (exact) mass is 265 g/mol. The van der Waals surface area contributed by atoms with Crippen LogP contribution in [0, 0.1) is 6.92 Å². The highest BCUT2D eigenvalue weighted by molar-refractivity contribution is 5.81. The largest absolute Gasteiger partial charge is 0.496 e. The molecule has 1 aromatic rings. The summed E-state index contributed by atoms with van der Waals surface area (Å²) in [6, 6.07) is 5.65. The normalized spacial score (nSPS) is 14.2. The molecule has 19 heavy (non-hydrogen) atoms. The van der Waals surface area contributed by atoms with Crippen molar-refractivity contribution in [3.63, 3.8) is 0 Å². The van der Waals surface area contributed by atoms with Crippen LogP contribution in [0.5, 0.6) is 5.75 Å². The van der Waals surface area contributed by atoms with Crippen molar-refractivity contribution >= 4 is 5.97 Å². The number of carboxylic acids is 1. The number of rotatable bonds is 6. The lowest BCUT2D eigenvalue weighted by Gasteiger charge is -2.37. The Morgan fingerprint density at radius 3 is 2.37 bits per heavy atom. The molecule has 0 radical (unpaired) electrons. The average Bonchev–Trinajstić information content (AvgIpc) is 2.39. The van der Waals surface area contributed by atoms with E-state index in [1.807, 2.05) is 43.9 Å². The van der Waals surface area contributed by atoms with Crippen molar-refractivity contribution in [2.75, 3.05) is 20.2 Å². The molecule has 1 atom stereocenters. The van der Waals surface area contributed by atoms with E-state index in [-0.39, 0.29) is 0 Å². The minimum absolute atomic E-state index is 0.613. The number of likely N-dealkylation sites (N-methyl/N-ethyl adjacent to an activating group) is 1. The van der Waals surface area contributed by atoms with Gasteiger partial charge in [-0.15, -0.1) is 0 Å². The fraction of sp³-hybridized carbons (Fsp3) is 0.533. The quantitative estimate of drug-likeness (QED) is 0.859. The molecule has 0 saturated heterocycles. The summed E-state index contributed by atoms with van der Waals surface area (Å²) in [7, 11) is 1.57. The second-order valence-electron chi connectivity index (χ2n) is 4.75. The van der Waals surface area contributed by atoms with E-state index < -0.39 is 11.5 Å². The number of aliphatic carboxylic acids is 1. The van der Waals surface area contributed by atoms with Crippen LogP contribution in [0.1, 0.15) is 31.9 Å². The van der Waals surface area contributed by atoms with Crippen molar-refractivity contribution < 1.29 is 14.6 Å². The lowest BCUT2D eigenvalue weighted by atomic mass is 9.88. The maximum Gasteiger partial charge on any atom is 0.328 e. The summed E-state index contributed by atoms with van der Waals surface area (Å²) in [5, 5.41) is 9.73. The van der Waals surface area contributed by atoms with E-state index in [1.165, 1.54) is 0 Å². The molecule has 0 bridgehead atoms.